The van der Waals surface area contributed by atoms with Crippen LogP contribution in [0.1, 0.15) is 170 Å². The number of aryl methyl sites for hydroxylation is 2. The van der Waals surface area contributed by atoms with Gasteiger partial charge in [0.05, 0.1) is 0 Å². The van der Waals surface area contributed by atoms with E-state index in [2.05, 4.69) is 103 Å². The lowest BCUT2D eigenvalue weighted by Gasteiger charge is -2.22. The van der Waals surface area contributed by atoms with Crippen molar-refractivity contribution in [3.8, 4) is 17.2 Å². The molecular weight excluding hydrogens is 985 g/mol. The minimum Gasteiger partial charge on any atom is -0.427 e. The Morgan fingerprint density at radius 3 is 1.13 bits per heavy atom. The van der Waals surface area contributed by atoms with Gasteiger partial charge >= 0.3 is 17.9 Å². The lowest BCUT2D eigenvalue weighted by Crippen LogP contribution is -2.15. The number of unbranched alkanes of at least 4 members (excludes halogenated alkanes) is 12. The number of rotatable bonds is 27. The van der Waals surface area contributed by atoms with E-state index in [-0.39, 0.29) is 17.9 Å². The van der Waals surface area contributed by atoms with Gasteiger partial charge in [-0.05, 0) is 167 Å². The second-order valence-corrected chi connectivity index (χ2v) is 22.2. The Labute approximate surface area is 464 Å². The zero-order chi connectivity index (χ0) is 54.2. The summed E-state index contributed by atoms with van der Waals surface area (Å²) < 4.78 is 17.3. The average Bonchev–Trinajstić information content (AvgIpc) is 3.41. The fraction of sp³-hybridized carbons (Fsp3) is 0.409. The van der Waals surface area contributed by atoms with E-state index in [9.17, 15) is 14.4 Å². The molecule has 0 aliphatic carbocycles. The molecule has 0 amide bonds. The van der Waals surface area contributed by atoms with Gasteiger partial charge in [-0.1, -0.05) is 182 Å². The molecule has 0 fully saturated rings. The monoisotopic (exact) mass is 1070 g/mol. The minimum absolute atomic E-state index is 0.138. The molecule has 0 spiro atoms. The van der Waals surface area contributed by atoms with Crippen molar-refractivity contribution in [3.63, 3.8) is 0 Å². The summed E-state index contributed by atoms with van der Waals surface area (Å²) in [6.45, 7) is 18.9. The molecule has 0 N–H and O–H groups in total. The maximum Gasteiger partial charge on any atom is 0.311 e. The molecule has 3 radical (unpaired) electrons. The summed E-state index contributed by atoms with van der Waals surface area (Å²) in [6, 6.07) is 44.8. The Hall–Kier alpha value is -5.22. The molecule has 9 heteroatoms. The standard InChI is InChI=1S/C34H50O4S.C20H23O2S.C12H8S/c1-9-11-13-15-17-19-29(35)37-31-26(6)27(7)34(39-33-24(4)22-21-23(3)25(33)5)28(8)32(31)38-30(36)20-18-16-14-12-10-2;1-2-3-4-5-9-12-20(21)22-17-13-15-19(16-14-17)23-18-10-7-6-8-11-18;1-3-7-11(8-4-1)13-12-9-5-2-6-10-12/h21-22H,9-20H2,1-8H3;7-8,10-11,13-16H,2-5,9,12H2,1H3;3-10H. The summed E-state index contributed by atoms with van der Waals surface area (Å²) in [4.78, 5) is 44.6. The van der Waals surface area contributed by atoms with Crippen LogP contribution in [0.15, 0.2) is 139 Å². The van der Waals surface area contributed by atoms with E-state index in [1.54, 1.807) is 35.3 Å². The highest BCUT2D eigenvalue weighted by Crippen LogP contribution is 2.47. The Bertz CT molecular complexity index is 2560. The van der Waals surface area contributed by atoms with Gasteiger partial charge in [0.25, 0.3) is 0 Å². The quantitative estimate of drug-likeness (QED) is 0.0285. The van der Waals surface area contributed by atoms with E-state index in [1.807, 2.05) is 86.6 Å². The summed E-state index contributed by atoms with van der Waals surface area (Å²) in [5.74, 6) is 0.728. The van der Waals surface area contributed by atoms with Crippen molar-refractivity contribution in [1.82, 2.24) is 0 Å². The lowest BCUT2D eigenvalue weighted by molar-refractivity contribution is -0.137. The summed E-state index contributed by atoms with van der Waals surface area (Å²) in [7, 11) is 0. The highest BCUT2D eigenvalue weighted by Gasteiger charge is 2.25. The van der Waals surface area contributed by atoms with E-state index in [1.165, 1.54) is 81.2 Å². The van der Waals surface area contributed by atoms with Crippen LogP contribution < -0.4 is 14.2 Å². The first-order valence-corrected chi connectivity index (χ1v) is 29.6. The zero-order valence-corrected chi connectivity index (χ0v) is 48.7. The predicted octanol–water partition coefficient (Wildman–Crippen LogP) is 19.6. The Morgan fingerprint density at radius 1 is 0.360 bits per heavy atom. The van der Waals surface area contributed by atoms with E-state index < -0.39 is 0 Å². The van der Waals surface area contributed by atoms with Gasteiger partial charge in [-0.2, -0.15) is 0 Å². The van der Waals surface area contributed by atoms with Gasteiger partial charge in [0.15, 0.2) is 11.5 Å². The van der Waals surface area contributed by atoms with Crippen LogP contribution in [0.5, 0.6) is 17.2 Å². The van der Waals surface area contributed by atoms with Crippen molar-refractivity contribution in [3.05, 3.63) is 161 Å². The normalized spacial score (nSPS) is 10.7. The summed E-state index contributed by atoms with van der Waals surface area (Å²) in [5.41, 5.74) is 6.44. The molecule has 0 saturated carbocycles. The third-order valence-corrected chi connectivity index (χ3v) is 16.4. The molecule has 0 unspecified atom stereocenters. The highest BCUT2D eigenvalue weighted by molar-refractivity contribution is 8.00. The fourth-order valence-electron chi connectivity index (χ4n) is 7.95. The van der Waals surface area contributed by atoms with Gasteiger partial charge in [-0.3, -0.25) is 14.4 Å². The van der Waals surface area contributed by atoms with E-state index in [0.717, 1.165) is 77.8 Å². The molecule has 6 aromatic rings. The van der Waals surface area contributed by atoms with Crippen LogP contribution in [0.2, 0.25) is 0 Å². The van der Waals surface area contributed by atoms with Crippen molar-refractivity contribution < 1.29 is 28.6 Å². The third-order valence-electron chi connectivity index (χ3n) is 12.7. The minimum atomic E-state index is -0.270. The molecule has 0 aliphatic rings. The Balaban J connectivity index is 0.000000281. The van der Waals surface area contributed by atoms with Gasteiger partial charge < -0.3 is 14.2 Å². The Morgan fingerprint density at radius 2 is 0.720 bits per heavy atom. The van der Waals surface area contributed by atoms with Gasteiger partial charge in [-0.15, -0.1) is 0 Å². The molecule has 399 valence electrons. The van der Waals surface area contributed by atoms with Crippen LogP contribution in [-0.2, 0) is 14.4 Å². The van der Waals surface area contributed by atoms with Crippen LogP contribution in [0.4, 0.5) is 0 Å². The molecule has 6 aromatic carbocycles. The second kappa shape index (κ2) is 35.9. The van der Waals surface area contributed by atoms with Crippen molar-refractivity contribution >= 4 is 53.2 Å². The van der Waals surface area contributed by atoms with Crippen LogP contribution in [0, 0.1) is 59.7 Å². The molecule has 0 aliphatic heterocycles. The first-order chi connectivity index (χ1) is 36.3. The number of benzene rings is 6. The number of hydrogen-bond acceptors (Lipinski definition) is 9. The molecule has 6 nitrogen and oxygen atoms in total. The third kappa shape index (κ3) is 23.3. The molecule has 0 aromatic heterocycles. The topological polar surface area (TPSA) is 78.9 Å². The van der Waals surface area contributed by atoms with Gasteiger partial charge in [-0.25, -0.2) is 0 Å². The smallest absolute Gasteiger partial charge is 0.311 e. The number of carbonyl (C=O) groups excluding carboxylic acids is 3. The molecule has 6 rings (SSSR count). The van der Waals surface area contributed by atoms with E-state index in [0.29, 0.717) is 36.5 Å². The lowest BCUT2D eigenvalue weighted by atomic mass is 10.0. The zero-order valence-electron chi connectivity index (χ0n) is 46.3. The van der Waals surface area contributed by atoms with Gasteiger partial charge in [0, 0.05) is 54.2 Å². The van der Waals surface area contributed by atoms with Gasteiger partial charge in [0.2, 0.25) is 0 Å². The van der Waals surface area contributed by atoms with Crippen molar-refractivity contribution in [2.45, 2.75) is 207 Å². The number of ether oxygens (including phenoxy) is 3. The van der Waals surface area contributed by atoms with E-state index in [4.69, 9.17) is 14.2 Å². The molecule has 0 bridgehead atoms. The molecule has 0 saturated heterocycles. The summed E-state index contributed by atoms with van der Waals surface area (Å²) in [5, 5.41) is 0. The van der Waals surface area contributed by atoms with Crippen LogP contribution in [-0.4, -0.2) is 17.9 Å². The SMILES string of the molecule is CCCCCCCC(=O)Oc1c(C)c(C)c(Sc2c(C)ccc(C)c2C)c(C)c1OC(=O)CCCCCCC.CCCCCCCC(=O)Oc1ccc(Sc2cc[c]cc2)cc1.[c]1ccc(Sc2cc[c]cc2)cc1. The molecule has 0 atom stereocenters. The summed E-state index contributed by atoms with van der Waals surface area (Å²) >= 11 is 5.13. The average molecular weight is 1070 g/mol. The highest BCUT2D eigenvalue weighted by atomic mass is 32.2. The molecule has 0 heterocycles. The van der Waals surface area contributed by atoms with Crippen LogP contribution in [0.25, 0.3) is 0 Å². The number of carbonyl (C=O) groups is 3. The van der Waals surface area contributed by atoms with Gasteiger partial charge in [0.1, 0.15) is 5.75 Å². The Kier molecular flexibility index (Phi) is 29.9. The fourth-order valence-corrected chi connectivity index (χ4v) is 10.9. The van der Waals surface area contributed by atoms with Crippen molar-refractivity contribution in [2.75, 3.05) is 0 Å². The maximum atomic E-state index is 13.0. The van der Waals surface area contributed by atoms with Crippen LogP contribution in [0.3, 0.4) is 0 Å². The summed E-state index contributed by atoms with van der Waals surface area (Å²) in [6.07, 6.45) is 17.5. The first kappa shape index (κ1) is 62.3. The van der Waals surface area contributed by atoms with Crippen molar-refractivity contribution in [2.24, 2.45) is 0 Å². The molecule has 75 heavy (non-hydrogen) atoms. The van der Waals surface area contributed by atoms with E-state index >= 15 is 0 Å². The maximum absolute atomic E-state index is 13.0. The number of esters is 3. The molecular formula is C66H81O6S3. The first-order valence-electron chi connectivity index (χ1n) is 27.2. The van der Waals surface area contributed by atoms with Crippen molar-refractivity contribution in [1.29, 1.82) is 0 Å². The number of hydrogen-bond donors (Lipinski definition) is 0. The predicted molar refractivity (Wildman–Crippen MR) is 313 cm³/mol. The largest absolute Gasteiger partial charge is 0.427 e. The second-order valence-electron chi connectivity index (χ2n) is 18.9. The van der Waals surface area contributed by atoms with Crippen LogP contribution >= 0.6 is 35.3 Å².